The number of carbonyl (C=O) groups excluding carboxylic acids is 1. The van der Waals surface area contributed by atoms with Crippen LogP contribution in [0.4, 0.5) is 4.79 Å². The molecule has 31 heavy (non-hydrogen) atoms. The van der Waals surface area contributed by atoms with E-state index in [2.05, 4.69) is 4.57 Å². The summed E-state index contributed by atoms with van der Waals surface area (Å²) in [4.78, 5) is 27.3. The lowest BCUT2D eigenvalue weighted by Crippen LogP contribution is -2.55. The van der Waals surface area contributed by atoms with Crippen molar-refractivity contribution >= 4 is 23.0 Å². The zero-order chi connectivity index (χ0) is 22.2. The summed E-state index contributed by atoms with van der Waals surface area (Å²) in [6.07, 6.45) is 1.90. The van der Waals surface area contributed by atoms with Crippen molar-refractivity contribution in [3.05, 3.63) is 72.4 Å². The molecule has 2 heterocycles. The molecule has 1 N–H and O–H groups in total. The predicted octanol–water partition coefficient (Wildman–Crippen LogP) is 4.89. The topological polar surface area (TPSA) is 71.8 Å². The van der Waals surface area contributed by atoms with E-state index in [-0.39, 0.29) is 19.0 Å². The Hall–Kier alpha value is -3.28. The van der Waals surface area contributed by atoms with Gasteiger partial charge in [-0.2, -0.15) is 0 Å². The number of carbonyl (C=O) groups is 2. The van der Waals surface area contributed by atoms with Gasteiger partial charge in [-0.3, -0.25) is 4.90 Å². The van der Waals surface area contributed by atoms with Gasteiger partial charge in [0.25, 0.3) is 0 Å². The zero-order valence-electron chi connectivity index (χ0n) is 18.1. The number of ether oxygens (including phenoxy) is 1. The van der Waals surface area contributed by atoms with Crippen LogP contribution in [0.1, 0.15) is 38.8 Å². The number of aromatic nitrogens is 1. The molecule has 4 rings (SSSR count). The van der Waals surface area contributed by atoms with Crippen LogP contribution < -0.4 is 0 Å². The third-order valence-electron chi connectivity index (χ3n) is 5.86. The van der Waals surface area contributed by atoms with Crippen molar-refractivity contribution in [1.82, 2.24) is 9.47 Å². The van der Waals surface area contributed by atoms with Gasteiger partial charge in [0, 0.05) is 31.1 Å². The fraction of sp³-hybridized carbons (Fsp3) is 0.360. The largest absolute Gasteiger partial charge is 0.479 e. The van der Waals surface area contributed by atoms with Gasteiger partial charge in [-0.05, 0) is 43.9 Å². The number of para-hydroxylation sites is 1. The Kier molecular flexibility index (Phi) is 5.25. The van der Waals surface area contributed by atoms with E-state index in [1.54, 1.807) is 20.8 Å². The van der Waals surface area contributed by atoms with E-state index < -0.39 is 23.2 Å². The highest BCUT2D eigenvalue weighted by atomic mass is 16.6. The van der Waals surface area contributed by atoms with Gasteiger partial charge in [-0.1, -0.05) is 48.5 Å². The average molecular weight is 421 g/mol. The van der Waals surface area contributed by atoms with E-state index >= 15 is 0 Å². The summed E-state index contributed by atoms with van der Waals surface area (Å²) in [6.45, 7) is 5.64. The third kappa shape index (κ3) is 4.02. The standard InChI is InChI=1S/C25H28N2O4/c1-24(2,3)31-23(30)27-17-20(26-14-13-19-11-7-8-12-21(19)26)16-25(27,22(28)29)15-18-9-5-4-6-10-18/h4-14,20H,15-17H2,1-3H3,(H,28,29)/t20-,25-/m0/s1. The van der Waals surface area contributed by atoms with Gasteiger partial charge < -0.3 is 14.4 Å². The summed E-state index contributed by atoms with van der Waals surface area (Å²) in [5.41, 5.74) is -0.208. The summed E-state index contributed by atoms with van der Waals surface area (Å²) in [6, 6.07) is 19.3. The maximum atomic E-state index is 13.2. The van der Waals surface area contributed by atoms with Crippen LogP contribution in [-0.4, -0.2) is 44.3 Å². The third-order valence-corrected chi connectivity index (χ3v) is 5.86. The quantitative estimate of drug-likeness (QED) is 0.652. The molecule has 0 saturated carbocycles. The lowest BCUT2D eigenvalue weighted by atomic mass is 9.87. The maximum Gasteiger partial charge on any atom is 0.411 e. The van der Waals surface area contributed by atoms with Crippen LogP contribution in [0.3, 0.4) is 0 Å². The number of hydrogen-bond donors (Lipinski definition) is 1. The lowest BCUT2D eigenvalue weighted by Gasteiger charge is -2.35. The van der Waals surface area contributed by atoms with Gasteiger partial charge in [0.2, 0.25) is 0 Å². The first-order valence-electron chi connectivity index (χ1n) is 10.5. The number of nitrogens with zero attached hydrogens (tertiary/aromatic N) is 2. The Bertz CT molecular complexity index is 1100. The molecule has 1 aliphatic heterocycles. The Labute approximate surface area is 182 Å². The van der Waals surface area contributed by atoms with Crippen LogP contribution in [0.5, 0.6) is 0 Å². The Balaban J connectivity index is 1.77. The van der Waals surface area contributed by atoms with Gasteiger partial charge in [0.1, 0.15) is 11.1 Å². The minimum Gasteiger partial charge on any atom is -0.479 e. The van der Waals surface area contributed by atoms with Crippen molar-refractivity contribution in [2.45, 2.75) is 50.8 Å². The molecular formula is C25H28N2O4. The molecule has 0 unspecified atom stereocenters. The van der Waals surface area contributed by atoms with Gasteiger partial charge in [0.15, 0.2) is 0 Å². The van der Waals surface area contributed by atoms with Crippen molar-refractivity contribution in [2.24, 2.45) is 0 Å². The van der Waals surface area contributed by atoms with Gasteiger partial charge in [-0.15, -0.1) is 0 Å². The van der Waals surface area contributed by atoms with Crippen molar-refractivity contribution in [1.29, 1.82) is 0 Å². The molecule has 1 amide bonds. The number of fused-ring (bicyclic) bond motifs is 1. The normalized spacial score (nSPS) is 21.4. The summed E-state index contributed by atoms with van der Waals surface area (Å²) in [7, 11) is 0. The van der Waals surface area contributed by atoms with Crippen molar-refractivity contribution < 1.29 is 19.4 Å². The Morgan fingerprint density at radius 1 is 1.06 bits per heavy atom. The van der Waals surface area contributed by atoms with Crippen molar-refractivity contribution in [3.8, 4) is 0 Å². The summed E-state index contributed by atoms with van der Waals surface area (Å²) in [5, 5.41) is 11.5. The van der Waals surface area contributed by atoms with Crippen LogP contribution in [0.2, 0.25) is 0 Å². The number of rotatable bonds is 4. The number of carboxylic acid groups (broad SMARTS) is 1. The summed E-state index contributed by atoms with van der Waals surface area (Å²) in [5.74, 6) is -1.01. The molecule has 1 aromatic heterocycles. The van der Waals surface area contributed by atoms with Crippen LogP contribution in [0.15, 0.2) is 66.9 Å². The first-order chi connectivity index (χ1) is 14.7. The number of carboxylic acids is 1. The minimum absolute atomic E-state index is 0.174. The van der Waals surface area contributed by atoms with E-state index in [4.69, 9.17) is 4.74 Å². The van der Waals surface area contributed by atoms with Crippen LogP contribution in [-0.2, 0) is 16.0 Å². The van der Waals surface area contributed by atoms with Gasteiger partial charge in [-0.25, -0.2) is 9.59 Å². The highest BCUT2D eigenvalue weighted by Gasteiger charge is 2.55. The minimum atomic E-state index is -1.39. The second kappa shape index (κ2) is 7.76. The molecule has 1 fully saturated rings. The van der Waals surface area contributed by atoms with E-state index in [9.17, 15) is 14.7 Å². The molecule has 3 aromatic rings. The molecule has 1 saturated heterocycles. The highest BCUT2D eigenvalue weighted by molar-refractivity contribution is 5.86. The molecule has 0 spiro atoms. The monoisotopic (exact) mass is 420 g/mol. The molecule has 0 radical (unpaired) electrons. The average Bonchev–Trinajstić information content (AvgIpc) is 3.30. The Morgan fingerprint density at radius 3 is 2.42 bits per heavy atom. The summed E-state index contributed by atoms with van der Waals surface area (Å²) < 4.78 is 7.72. The number of likely N-dealkylation sites (tertiary alicyclic amines) is 1. The van der Waals surface area contributed by atoms with Crippen molar-refractivity contribution in [2.75, 3.05) is 6.54 Å². The molecule has 6 heteroatoms. The first kappa shape index (κ1) is 21.0. The van der Waals surface area contributed by atoms with E-state index in [1.165, 1.54) is 4.90 Å². The van der Waals surface area contributed by atoms with Crippen LogP contribution in [0.25, 0.3) is 10.9 Å². The number of amides is 1. The lowest BCUT2D eigenvalue weighted by molar-refractivity contribution is -0.149. The van der Waals surface area contributed by atoms with Crippen LogP contribution in [0, 0.1) is 0 Å². The van der Waals surface area contributed by atoms with Crippen LogP contribution >= 0.6 is 0 Å². The molecule has 0 bridgehead atoms. The molecular weight excluding hydrogens is 392 g/mol. The van der Waals surface area contributed by atoms with E-state index in [0.717, 1.165) is 16.5 Å². The number of aliphatic carboxylic acids is 1. The predicted molar refractivity (Wildman–Crippen MR) is 119 cm³/mol. The second-order valence-electron chi connectivity index (χ2n) is 9.23. The second-order valence-corrected chi connectivity index (χ2v) is 9.23. The number of hydrogen-bond acceptors (Lipinski definition) is 3. The van der Waals surface area contributed by atoms with Gasteiger partial charge in [0.05, 0.1) is 6.04 Å². The molecule has 2 atom stereocenters. The van der Waals surface area contributed by atoms with E-state index in [1.807, 2.05) is 66.9 Å². The molecule has 1 aliphatic rings. The van der Waals surface area contributed by atoms with Crippen molar-refractivity contribution in [3.63, 3.8) is 0 Å². The smallest absolute Gasteiger partial charge is 0.411 e. The number of benzene rings is 2. The fourth-order valence-corrected chi connectivity index (χ4v) is 4.51. The Morgan fingerprint density at radius 2 is 1.74 bits per heavy atom. The van der Waals surface area contributed by atoms with E-state index in [0.29, 0.717) is 6.42 Å². The molecule has 162 valence electrons. The molecule has 6 nitrogen and oxygen atoms in total. The fourth-order valence-electron chi connectivity index (χ4n) is 4.51. The highest BCUT2D eigenvalue weighted by Crippen LogP contribution is 2.41. The maximum absolute atomic E-state index is 13.2. The summed E-state index contributed by atoms with van der Waals surface area (Å²) >= 11 is 0. The first-order valence-corrected chi connectivity index (χ1v) is 10.5. The zero-order valence-corrected chi connectivity index (χ0v) is 18.1. The molecule has 2 aromatic carbocycles. The SMILES string of the molecule is CC(C)(C)OC(=O)N1C[C@@H](n2ccc3ccccc32)C[C@@]1(Cc1ccccc1)C(=O)O. The molecule has 0 aliphatic carbocycles. The van der Waals surface area contributed by atoms with Gasteiger partial charge >= 0.3 is 12.1 Å².